The zero-order valence-electron chi connectivity index (χ0n) is 19.5. The zero-order chi connectivity index (χ0) is 23.9. The molecule has 2 fully saturated rings. The van der Waals surface area contributed by atoms with E-state index in [1.54, 1.807) is 4.90 Å². The fourth-order valence-corrected chi connectivity index (χ4v) is 4.91. The number of nitrogens with zero attached hydrogens (tertiary/aromatic N) is 3. The molecular formula is C23H36N4O6. The molecule has 3 aliphatic rings. The van der Waals surface area contributed by atoms with Crippen molar-refractivity contribution in [1.29, 1.82) is 0 Å². The van der Waals surface area contributed by atoms with Gasteiger partial charge in [0.15, 0.2) is 0 Å². The van der Waals surface area contributed by atoms with E-state index in [-0.39, 0.29) is 6.09 Å². The third kappa shape index (κ3) is 5.11. The van der Waals surface area contributed by atoms with Crippen LogP contribution >= 0.6 is 0 Å². The van der Waals surface area contributed by atoms with Crippen LogP contribution in [0.1, 0.15) is 63.6 Å². The van der Waals surface area contributed by atoms with Crippen molar-refractivity contribution in [2.45, 2.75) is 76.6 Å². The molecular weight excluding hydrogens is 428 g/mol. The lowest BCUT2D eigenvalue weighted by Crippen LogP contribution is -2.57. The largest absolute Gasteiger partial charge is 0.444 e. The number of amides is 1. The van der Waals surface area contributed by atoms with Gasteiger partial charge in [0.05, 0.1) is 6.04 Å². The van der Waals surface area contributed by atoms with Gasteiger partial charge in [-0.1, -0.05) is 6.07 Å². The smallest absolute Gasteiger partial charge is 0.410 e. The molecule has 0 aromatic heterocycles. The van der Waals surface area contributed by atoms with Crippen LogP contribution in [0.2, 0.25) is 0 Å². The van der Waals surface area contributed by atoms with Gasteiger partial charge in [-0.2, -0.15) is 0 Å². The van der Waals surface area contributed by atoms with Crippen molar-refractivity contribution in [2.24, 2.45) is 0 Å². The van der Waals surface area contributed by atoms with E-state index in [9.17, 15) is 25.2 Å². The average molecular weight is 465 g/mol. The number of benzene rings is 1. The molecule has 2 saturated heterocycles. The summed E-state index contributed by atoms with van der Waals surface area (Å²) in [5, 5.41) is 44.6. The number of aliphatic hydroxyl groups excluding tert-OH is 4. The third-order valence-corrected chi connectivity index (χ3v) is 6.55. The molecule has 10 heteroatoms. The molecule has 5 unspecified atom stereocenters. The van der Waals surface area contributed by atoms with Crippen LogP contribution < -0.4 is 10.2 Å². The minimum absolute atomic E-state index is 0.308. The standard InChI is InChI=1S/C23H36N4O6/c1-23(2,3)33-22(32)26-10-4-9-25(11-12-26)14-5-6-15-16(13-14)21(31)27(20(15)30)17-7-8-18(28)24-19(17)29/h5-6,13,17-21,24,28-31H,4,7-12H2,1-3H3. The maximum atomic E-state index is 12.5. The Labute approximate surface area is 194 Å². The normalized spacial score (nSPS) is 31.3. The highest BCUT2D eigenvalue weighted by Crippen LogP contribution is 2.44. The Balaban J connectivity index is 1.46. The average Bonchev–Trinajstić information content (AvgIpc) is 2.90. The molecule has 1 amide bonds. The fraction of sp³-hybridized carbons (Fsp3) is 0.696. The predicted molar refractivity (Wildman–Crippen MR) is 121 cm³/mol. The highest BCUT2D eigenvalue weighted by atomic mass is 16.6. The van der Waals surface area contributed by atoms with Crippen molar-refractivity contribution in [2.75, 3.05) is 31.1 Å². The van der Waals surface area contributed by atoms with Crippen LogP contribution in [-0.4, -0.2) is 86.6 Å². The highest BCUT2D eigenvalue weighted by molar-refractivity contribution is 5.68. The number of fused-ring (bicyclic) bond motifs is 1. The molecule has 10 nitrogen and oxygen atoms in total. The van der Waals surface area contributed by atoms with E-state index in [1.807, 2.05) is 39.0 Å². The molecule has 3 aliphatic heterocycles. The predicted octanol–water partition coefficient (Wildman–Crippen LogP) is 0.820. The Kier molecular flexibility index (Phi) is 6.86. The van der Waals surface area contributed by atoms with E-state index in [2.05, 4.69) is 10.2 Å². The lowest BCUT2D eigenvalue weighted by atomic mass is 10.0. The summed E-state index contributed by atoms with van der Waals surface area (Å²) in [6.07, 6.45) is -2.64. The second kappa shape index (κ2) is 9.36. The van der Waals surface area contributed by atoms with Crippen LogP contribution in [0.5, 0.6) is 0 Å². The first-order valence-corrected chi connectivity index (χ1v) is 11.7. The Bertz CT molecular complexity index is 862. The van der Waals surface area contributed by atoms with Crippen molar-refractivity contribution in [1.82, 2.24) is 15.1 Å². The molecule has 0 radical (unpaired) electrons. The van der Waals surface area contributed by atoms with Gasteiger partial charge in [0.25, 0.3) is 0 Å². The van der Waals surface area contributed by atoms with Gasteiger partial charge in [-0.3, -0.25) is 5.32 Å². The molecule has 1 aromatic rings. The van der Waals surface area contributed by atoms with E-state index in [1.165, 1.54) is 4.90 Å². The number of nitrogens with one attached hydrogen (secondary N) is 1. The topological polar surface area (TPSA) is 129 Å². The summed E-state index contributed by atoms with van der Waals surface area (Å²) in [6, 6.07) is 5.08. The van der Waals surface area contributed by atoms with Crippen LogP contribution in [-0.2, 0) is 4.74 Å². The number of hydrogen-bond donors (Lipinski definition) is 5. The van der Waals surface area contributed by atoms with E-state index >= 15 is 0 Å². The lowest BCUT2D eigenvalue weighted by Gasteiger charge is -2.40. The number of carbonyl (C=O) groups excluding carboxylic acids is 1. The van der Waals surface area contributed by atoms with Crippen LogP contribution in [0.25, 0.3) is 0 Å². The molecule has 5 atom stereocenters. The third-order valence-electron chi connectivity index (χ3n) is 6.55. The Hall–Kier alpha value is -1.95. The second-order valence-corrected chi connectivity index (χ2v) is 10.1. The van der Waals surface area contributed by atoms with E-state index < -0.39 is 36.6 Å². The maximum absolute atomic E-state index is 12.5. The number of hydrogen-bond acceptors (Lipinski definition) is 9. The molecule has 5 N–H and O–H groups in total. The first-order chi connectivity index (χ1) is 15.5. The summed E-state index contributed by atoms with van der Waals surface area (Å²) in [7, 11) is 0. The molecule has 0 aliphatic carbocycles. The Morgan fingerprint density at radius 2 is 1.73 bits per heavy atom. The molecule has 33 heavy (non-hydrogen) atoms. The molecule has 1 aromatic carbocycles. The summed E-state index contributed by atoms with van der Waals surface area (Å²) in [5.41, 5.74) is 1.58. The minimum atomic E-state index is -1.07. The Morgan fingerprint density at radius 1 is 1.00 bits per heavy atom. The SMILES string of the molecule is CC(C)(C)OC(=O)N1CCCN(c2ccc3c(c2)C(O)N(C2CCC(O)NC2O)C3O)CC1. The lowest BCUT2D eigenvalue weighted by molar-refractivity contribution is -0.159. The number of ether oxygens (including phenoxy) is 1. The first-order valence-electron chi connectivity index (χ1n) is 11.7. The summed E-state index contributed by atoms with van der Waals surface area (Å²) < 4.78 is 5.51. The number of rotatable bonds is 2. The van der Waals surface area contributed by atoms with Crippen LogP contribution in [0, 0.1) is 0 Å². The molecule has 3 heterocycles. The quantitative estimate of drug-likeness (QED) is 0.432. The van der Waals surface area contributed by atoms with E-state index in [0.717, 1.165) is 18.7 Å². The molecule has 0 spiro atoms. The molecule has 4 rings (SSSR count). The van der Waals surface area contributed by atoms with Gasteiger partial charge in [0.2, 0.25) is 0 Å². The number of carbonyl (C=O) groups is 1. The summed E-state index contributed by atoms with van der Waals surface area (Å²) in [4.78, 5) is 17.8. The van der Waals surface area contributed by atoms with Crippen LogP contribution in [0.15, 0.2) is 18.2 Å². The van der Waals surface area contributed by atoms with Crippen molar-refractivity contribution in [3.05, 3.63) is 29.3 Å². The van der Waals surface area contributed by atoms with Gasteiger partial charge in [0, 0.05) is 43.0 Å². The second-order valence-electron chi connectivity index (χ2n) is 10.1. The molecule has 0 saturated carbocycles. The number of piperidine rings is 1. The summed E-state index contributed by atoms with van der Waals surface area (Å²) >= 11 is 0. The Morgan fingerprint density at radius 3 is 2.42 bits per heavy atom. The van der Waals surface area contributed by atoms with Crippen molar-refractivity contribution in [3.63, 3.8) is 0 Å². The summed E-state index contributed by atoms with van der Waals surface area (Å²) in [5.74, 6) is 0. The highest BCUT2D eigenvalue weighted by Gasteiger charge is 2.45. The zero-order valence-corrected chi connectivity index (χ0v) is 19.5. The summed E-state index contributed by atoms with van der Waals surface area (Å²) in [6.45, 7) is 8.09. The van der Waals surface area contributed by atoms with E-state index in [0.29, 0.717) is 43.6 Å². The van der Waals surface area contributed by atoms with Gasteiger partial charge in [-0.15, -0.1) is 0 Å². The van der Waals surface area contributed by atoms with Crippen molar-refractivity contribution >= 4 is 11.8 Å². The van der Waals surface area contributed by atoms with Crippen molar-refractivity contribution in [3.8, 4) is 0 Å². The molecule has 0 bridgehead atoms. The molecule has 184 valence electrons. The van der Waals surface area contributed by atoms with Gasteiger partial charge < -0.3 is 35.0 Å². The van der Waals surface area contributed by atoms with Crippen LogP contribution in [0.3, 0.4) is 0 Å². The first kappa shape index (κ1) is 24.2. The van der Waals surface area contributed by atoms with Gasteiger partial charge in [0.1, 0.15) is 30.5 Å². The minimum Gasteiger partial charge on any atom is -0.444 e. The van der Waals surface area contributed by atoms with E-state index in [4.69, 9.17) is 4.74 Å². The maximum Gasteiger partial charge on any atom is 0.410 e. The monoisotopic (exact) mass is 464 g/mol. The number of aliphatic hydroxyl groups is 4. The fourth-order valence-electron chi connectivity index (χ4n) is 4.91. The van der Waals surface area contributed by atoms with Gasteiger partial charge in [-0.05, 0) is 52.2 Å². The van der Waals surface area contributed by atoms with Gasteiger partial charge in [-0.25, -0.2) is 9.69 Å². The van der Waals surface area contributed by atoms with Crippen molar-refractivity contribution < 1.29 is 30.0 Å². The van der Waals surface area contributed by atoms with Crippen LogP contribution in [0.4, 0.5) is 10.5 Å². The van der Waals surface area contributed by atoms with Gasteiger partial charge >= 0.3 is 6.09 Å². The number of anilines is 1.